The molecule has 0 saturated heterocycles. The second kappa shape index (κ2) is 5.83. The van der Waals surface area contributed by atoms with E-state index in [9.17, 15) is 4.39 Å². The summed E-state index contributed by atoms with van der Waals surface area (Å²) < 4.78 is 14.3. The standard InChI is InChI=1S/C22H12FN3S/c23-17-12-14(13-24)6-7-16(17)20-25-18-8-9-19(26-21(18)27-20)22(10-11-22)15-4-2-1-3-5-15/h1-12H. The van der Waals surface area contributed by atoms with Crippen molar-refractivity contribution in [1.82, 2.24) is 9.97 Å². The number of hydrogen-bond donors (Lipinski definition) is 0. The van der Waals surface area contributed by atoms with Gasteiger partial charge in [0.25, 0.3) is 0 Å². The van der Waals surface area contributed by atoms with Gasteiger partial charge in [0.1, 0.15) is 21.2 Å². The summed E-state index contributed by atoms with van der Waals surface area (Å²) >= 11 is 1.36. The Hall–Kier alpha value is -3.36. The van der Waals surface area contributed by atoms with Crippen molar-refractivity contribution in [3.63, 3.8) is 0 Å². The van der Waals surface area contributed by atoms with E-state index in [1.165, 1.54) is 23.0 Å². The Bertz CT molecular complexity index is 1250. The lowest BCUT2D eigenvalue weighted by atomic mass is 9.89. The smallest absolute Gasteiger partial charge is 0.144 e. The van der Waals surface area contributed by atoms with E-state index in [0.29, 0.717) is 16.1 Å². The summed E-state index contributed by atoms with van der Waals surface area (Å²) in [6, 6.07) is 20.5. The third-order valence-corrected chi connectivity index (χ3v) is 5.76. The molecule has 0 amide bonds. The molecular formula is C22H12FN3S. The SMILES string of the molecule is N#Cc1ccc(-c2nc3ccc(C4(c5ccccc5)C=C4)nc3s2)c(F)c1. The number of thiazole rings is 1. The lowest BCUT2D eigenvalue weighted by Crippen LogP contribution is -2.12. The van der Waals surface area contributed by atoms with Gasteiger partial charge >= 0.3 is 0 Å². The maximum atomic E-state index is 14.3. The number of nitriles is 1. The molecule has 4 aromatic rings. The average molecular weight is 369 g/mol. The van der Waals surface area contributed by atoms with Crippen LogP contribution in [0.25, 0.3) is 20.9 Å². The van der Waals surface area contributed by atoms with Crippen molar-refractivity contribution < 1.29 is 4.39 Å². The van der Waals surface area contributed by atoms with E-state index in [0.717, 1.165) is 16.0 Å². The summed E-state index contributed by atoms with van der Waals surface area (Å²) in [5, 5.41) is 9.46. The van der Waals surface area contributed by atoms with Crippen molar-refractivity contribution in [2.45, 2.75) is 5.41 Å². The van der Waals surface area contributed by atoms with Gasteiger partial charge in [0, 0.05) is 5.56 Å². The Labute approximate surface area is 159 Å². The number of benzene rings is 2. The highest BCUT2D eigenvalue weighted by Crippen LogP contribution is 2.45. The summed E-state index contributed by atoms with van der Waals surface area (Å²) in [5.74, 6) is -0.446. The molecule has 1 aliphatic carbocycles. The summed E-state index contributed by atoms with van der Waals surface area (Å²) in [4.78, 5) is 10.1. The van der Waals surface area contributed by atoms with Gasteiger partial charge in [0.15, 0.2) is 0 Å². The molecule has 0 unspecified atom stereocenters. The van der Waals surface area contributed by atoms with Crippen LogP contribution in [0.2, 0.25) is 0 Å². The topological polar surface area (TPSA) is 49.6 Å². The first-order chi connectivity index (χ1) is 13.2. The third kappa shape index (κ3) is 2.54. The number of aromatic nitrogens is 2. The number of hydrogen-bond acceptors (Lipinski definition) is 4. The van der Waals surface area contributed by atoms with Crippen LogP contribution in [0.1, 0.15) is 16.8 Å². The molecule has 0 fully saturated rings. The fourth-order valence-electron chi connectivity index (χ4n) is 3.23. The number of pyridine rings is 1. The van der Waals surface area contributed by atoms with Crippen LogP contribution in [-0.4, -0.2) is 9.97 Å². The molecule has 0 atom stereocenters. The molecule has 0 spiro atoms. The minimum absolute atomic E-state index is 0.251. The zero-order valence-electron chi connectivity index (χ0n) is 14.1. The van der Waals surface area contributed by atoms with Crippen molar-refractivity contribution in [1.29, 1.82) is 5.26 Å². The zero-order valence-corrected chi connectivity index (χ0v) is 14.9. The molecule has 0 radical (unpaired) electrons. The summed E-state index contributed by atoms with van der Waals surface area (Å²) in [5.41, 5.74) is 3.30. The summed E-state index contributed by atoms with van der Waals surface area (Å²) in [6.45, 7) is 0. The molecule has 0 aliphatic heterocycles. The lowest BCUT2D eigenvalue weighted by molar-refractivity contribution is 0.631. The zero-order chi connectivity index (χ0) is 18.4. The van der Waals surface area contributed by atoms with Crippen LogP contribution < -0.4 is 0 Å². The predicted octanol–water partition coefficient (Wildman–Crippen LogP) is 5.22. The van der Waals surface area contributed by atoms with E-state index in [1.54, 1.807) is 12.1 Å². The van der Waals surface area contributed by atoms with Gasteiger partial charge in [-0.05, 0) is 35.9 Å². The highest BCUT2D eigenvalue weighted by Gasteiger charge is 2.39. The van der Waals surface area contributed by atoms with E-state index in [4.69, 9.17) is 10.2 Å². The minimum Gasteiger partial charge on any atom is -0.239 e. The van der Waals surface area contributed by atoms with E-state index in [2.05, 4.69) is 29.3 Å². The first-order valence-electron chi connectivity index (χ1n) is 8.44. The molecule has 0 bridgehead atoms. The number of rotatable bonds is 3. The fourth-order valence-corrected chi connectivity index (χ4v) is 4.19. The third-order valence-electron chi connectivity index (χ3n) is 4.76. The second-order valence-corrected chi connectivity index (χ2v) is 7.39. The highest BCUT2D eigenvalue weighted by atomic mass is 32.1. The highest BCUT2D eigenvalue weighted by molar-refractivity contribution is 7.21. The summed E-state index contributed by atoms with van der Waals surface area (Å²) in [6.07, 6.45) is 4.28. The van der Waals surface area contributed by atoms with Gasteiger partial charge in [0.2, 0.25) is 0 Å². The Balaban J connectivity index is 1.58. The molecule has 27 heavy (non-hydrogen) atoms. The van der Waals surface area contributed by atoms with E-state index >= 15 is 0 Å². The van der Waals surface area contributed by atoms with Gasteiger partial charge < -0.3 is 0 Å². The Morgan fingerprint density at radius 3 is 2.48 bits per heavy atom. The molecular weight excluding hydrogens is 357 g/mol. The monoisotopic (exact) mass is 369 g/mol. The van der Waals surface area contributed by atoms with Gasteiger partial charge in [-0.15, -0.1) is 0 Å². The molecule has 3 nitrogen and oxygen atoms in total. The van der Waals surface area contributed by atoms with Gasteiger partial charge in [-0.3, -0.25) is 0 Å². The van der Waals surface area contributed by atoms with Crippen LogP contribution in [0.4, 0.5) is 4.39 Å². The summed E-state index contributed by atoms with van der Waals surface area (Å²) in [7, 11) is 0. The largest absolute Gasteiger partial charge is 0.239 e. The van der Waals surface area contributed by atoms with Crippen LogP contribution in [0, 0.1) is 17.1 Å². The molecule has 2 aromatic carbocycles. The van der Waals surface area contributed by atoms with E-state index in [-0.39, 0.29) is 5.41 Å². The van der Waals surface area contributed by atoms with Gasteiger partial charge in [-0.2, -0.15) is 5.26 Å². The number of allylic oxidation sites excluding steroid dienone is 2. The van der Waals surface area contributed by atoms with E-state index in [1.807, 2.05) is 36.4 Å². The van der Waals surface area contributed by atoms with Gasteiger partial charge in [-0.25, -0.2) is 14.4 Å². The van der Waals surface area contributed by atoms with Gasteiger partial charge in [-0.1, -0.05) is 53.8 Å². The molecule has 128 valence electrons. The average Bonchev–Trinajstić information content (AvgIpc) is 3.41. The lowest BCUT2D eigenvalue weighted by Gasteiger charge is -2.15. The maximum Gasteiger partial charge on any atom is 0.144 e. The number of nitrogens with zero attached hydrogens (tertiary/aromatic N) is 3. The van der Waals surface area contributed by atoms with E-state index < -0.39 is 5.82 Å². The van der Waals surface area contributed by atoms with Crippen molar-refractivity contribution in [3.05, 3.63) is 95.5 Å². The number of halogens is 1. The maximum absolute atomic E-state index is 14.3. The van der Waals surface area contributed by atoms with Crippen LogP contribution >= 0.6 is 11.3 Å². The van der Waals surface area contributed by atoms with Crippen molar-refractivity contribution in [2.75, 3.05) is 0 Å². The van der Waals surface area contributed by atoms with Crippen molar-refractivity contribution >= 4 is 21.7 Å². The Morgan fingerprint density at radius 1 is 0.963 bits per heavy atom. The van der Waals surface area contributed by atoms with Crippen LogP contribution in [0.15, 0.2) is 72.8 Å². The minimum atomic E-state index is -0.446. The van der Waals surface area contributed by atoms with Crippen molar-refractivity contribution in [2.24, 2.45) is 0 Å². The fraction of sp³-hybridized carbons (Fsp3) is 0.0455. The molecule has 0 saturated carbocycles. The molecule has 5 rings (SSSR count). The van der Waals surface area contributed by atoms with Crippen LogP contribution in [-0.2, 0) is 5.41 Å². The molecule has 0 N–H and O–H groups in total. The van der Waals surface area contributed by atoms with Crippen LogP contribution in [0.5, 0.6) is 0 Å². The number of fused-ring (bicyclic) bond motifs is 1. The molecule has 2 heterocycles. The predicted molar refractivity (Wildman–Crippen MR) is 104 cm³/mol. The quantitative estimate of drug-likeness (QED) is 0.465. The normalized spacial score (nSPS) is 14.2. The Kier molecular flexibility index (Phi) is 3.43. The molecule has 1 aliphatic rings. The van der Waals surface area contributed by atoms with Crippen LogP contribution in [0.3, 0.4) is 0 Å². The molecule has 2 aromatic heterocycles. The van der Waals surface area contributed by atoms with Crippen molar-refractivity contribution in [3.8, 4) is 16.6 Å². The second-order valence-electron chi connectivity index (χ2n) is 6.41. The first kappa shape index (κ1) is 15.9. The Morgan fingerprint density at radius 2 is 1.78 bits per heavy atom. The first-order valence-corrected chi connectivity index (χ1v) is 9.25. The van der Waals surface area contributed by atoms with Gasteiger partial charge in [0.05, 0.1) is 22.7 Å². The molecule has 5 heteroatoms.